The molecule has 19 heavy (non-hydrogen) atoms. The van der Waals surface area contributed by atoms with Gasteiger partial charge in [0.25, 0.3) is 5.91 Å². The predicted octanol–water partition coefficient (Wildman–Crippen LogP) is -0.841. The average molecular weight is 269 g/mol. The zero-order chi connectivity index (χ0) is 13.8. The molecule has 0 saturated carbocycles. The summed E-state index contributed by atoms with van der Waals surface area (Å²) in [5, 5.41) is 11.3. The molecule has 1 atom stereocenters. The van der Waals surface area contributed by atoms with Gasteiger partial charge in [-0.1, -0.05) is 0 Å². The molecule has 0 aromatic rings. The van der Waals surface area contributed by atoms with Crippen LogP contribution in [0.25, 0.3) is 0 Å². The molecule has 106 valence electrons. The number of amides is 4. The fourth-order valence-electron chi connectivity index (χ4n) is 2.56. The molecule has 0 radical (unpaired) electrons. The van der Waals surface area contributed by atoms with Gasteiger partial charge in [0.15, 0.2) is 0 Å². The van der Waals surface area contributed by atoms with E-state index in [9.17, 15) is 14.4 Å². The molecular weight excluding hydrogens is 250 g/mol. The standard InChI is InChI=1S/C12H19N3O4/c16-5-3-9-2-1-4-14(7-9)11(18)8-15-10(17)6-13-12(15)19/h9,16H,1-8H2,(H,13,19). The molecule has 4 amide bonds. The highest BCUT2D eigenvalue weighted by atomic mass is 16.3. The van der Waals surface area contributed by atoms with Crippen LogP contribution in [0.15, 0.2) is 0 Å². The smallest absolute Gasteiger partial charge is 0.325 e. The number of nitrogens with one attached hydrogen (secondary N) is 1. The third-order valence-corrected chi connectivity index (χ3v) is 3.64. The Balaban J connectivity index is 1.88. The Morgan fingerprint density at radius 3 is 2.84 bits per heavy atom. The summed E-state index contributed by atoms with van der Waals surface area (Å²) in [5.74, 6) is -0.249. The lowest BCUT2D eigenvalue weighted by atomic mass is 9.95. The first-order chi connectivity index (χ1) is 9.11. The number of hydrogen-bond acceptors (Lipinski definition) is 4. The van der Waals surface area contributed by atoms with Crippen molar-refractivity contribution in [3.63, 3.8) is 0 Å². The van der Waals surface area contributed by atoms with Crippen LogP contribution in [-0.2, 0) is 9.59 Å². The Kier molecular flexibility index (Phi) is 4.36. The zero-order valence-corrected chi connectivity index (χ0v) is 10.8. The maximum absolute atomic E-state index is 12.1. The molecule has 0 aromatic heterocycles. The van der Waals surface area contributed by atoms with E-state index in [1.54, 1.807) is 4.90 Å². The number of nitrogens with zero attached hydrogens (tertiary/aromatic N) is 2. The lowest BCUT2D eigenvalue weighted by Crippen LogP contribution is -2.46. The van der Waals surface area contributed by atoms with Crippen molar-refractivity contribution in [2.45, 2.75) is 19.3 Å². The van der Waals surface area contributed by atoms with E-state index in [2.05, 4.69) is 5.32 Å². The van der Waals surface area contributed by atoms with Crippen LogP contribution >= 0.6 is 0 Å². The summed E-state index contributed by atoms with van der Waals surface area (Å²) in [6, 6.07) is -0.498. The van der Waals surface area contributed by atoms with Crippen molar-refractivity contribution in [2.75, 3.05) is 32.8 Å². The van der Waals surface area contributed by atoms with E-state index < -0.39 is 6.03 Å². The second kappa shape index (κ2) is 6.01. The first-order valence-corrected chi connectivity index (χ1v) is 6.58. The van der Waals surface area contributed by atoms with Gasteiger partial charge in [-0.2, -0.15) is 0 Å². The molecule has 0 aliphatic carbocycles. The van der Waals surface area contributed by atoms with E-state index in [1.807, 2.05) is 0 Å². The van der Waals surface area contributed by atoms with Gasteiger partial charge in [0.05, 0.1) is 6.54 Å². The molecule has 2 aliphatic rings. The van der Waals surface area contributed by atoms with Gasteiger partial charge < -0.3 is 15.3 Å². The van der Waals surface area contributed by atoms with Crippen molar-refractivity contribution in [1.82, 2.24) is 15.1 Å². The van der Waals surface area contributed by atoms with Crippen molar-refractivity contribution in [2.24, 2.45) is 5.92 Å². The Labute approximate surface area is 111 Å². The fraction of sp³-hybridized carbons (Fsp3) is 0.750. The van der Waals surface area contributed by atoms with Gasteiger partial charge in [-0.15, -0.1) is 0 Å². The van der Waals surface area contributed by atoms with E-state index in [-0.39, 0.29) is 31.5 Å². The Bertz CT molecular complexity index is 367. The number of urea groups is 1. The largest absolute Gasteiger partial charge is 0.396 e. The summed E-state index contributed by atoms with van der Waals surface area (Å²) in [4.78, 5) is 37.5. The maximum Gasteiger partial charge on any atom is 0.325 e. The summed E-state index contributed by atoms with van der Waals surface area (Å²) in [7, 11) is 0. The van der Waals surface area contributed by atoms with Gasteiger partial charge in [0, 0.05) is 19.7 Å². The second-order valence-electron chi connectivity index (χ2n) is 5.00. The van der Waals surface area contributed by atoms with E-state index in [0.29, 0.717) is 25.4 Å². The van der Waals surface area contributed by atoms with Crippen LogP contribution in [0.1, 0.15) is 19.3 Å². The Hall–Kier alpha value is -1.63. The molecule has 0 aromatic carbocycles. The van der Waals surface area contributed by atoms with Gasteiger partial charge in [-0.25, -0.2) is 4.79 Å². The topological polar surface area (TPSA) is 90.0 Å². The predicted molar refractivity (Wildman–Crippen MR) is 66.1 cm³/mol. The summed E-state index contributed by atoms with van der Waals surface area (Å²) in [5.41, 5.74) is 0. The van der Waals surface area contributed by atoms with Crippen LogP contribution in [-0.4, -0.2) is 65.5 Å². The number of imide groups is 1. The summed E-state index contributed by atoms with van der Waals surface area (Å²) >= 11 is 0. The molecule has 2 fully saturated rings. The lowest BCUT2D eigenvalue weighted by Gasteiger charge is -2.33. The van der Waals surface area contributed by atoms with Crippen LogP contribution in [0, 0.1) is 5.92 Å². The number of piperidine rings is 1. The minimum atomic E-state index is -0.498. The molecule has 2 aliphatic heterocycles. The molecule has 2 saturated heterocycles. The molecule has 2 rings (SSSR count). The highest BCUT2D eigenvalue weighted by Gasteiger charge is 2.32. The highest BCUT2D eigenvalue weighted by Crippen LogP contribution is 2.19. The van der Waals surface area contributed by atoms with Crippen molar-refractivity contribution in [3.05, 3.63) is 0 Å². The van der Waals surface area contributed by atoms with Crippen LogP contribution in [0.5, 0.6) is 0 Å². The number of hydrogen-bond donors (Lipinski definition) is 2. The second-order valence-corrected chi connectivity index (χ2v) is 5.00. The van der Waals surface area contributed by atoms with Crippen molar-refractivity contribution < 1.29 is 19.5 Å². The number of likely N-dealkylation sites (tertiary alicyclic amines) is 1. The van der Waals surface area contributed by atoms with Gasteiger partial charge in [-0.05, 0) is 25.2 Å². The van der Waals surface area contributed by atoms with Gasteiger partial charge in [-0.3, -0.25) is 14.5 Å². The molecule has 1 unspecified atom stereocenters. The normalized spacial score (nSPS) is 23.7. The molecule has 7 nitrogen and oxygen atoms in total. The number of aliphatic hydroxyl groups is 1. The molecule has 7 heteroatoms. The Morgan fingerprint density at radius 1 is 1.42 bits per heavy atom. The highest BCUT2D eigenvalue weighted by molar-refractivity contribution is 6.04. The number of rotatable bonds is 4. The van der Waals surface area contributed by atoms with E-state index >= 15 is 0 Å². The van der Waals surface area contributed by atoms with Crippen molar-refractivity contribution in [3.8, 4) is 0 Å². The monoisotopic (exact) mass is 269 g/mol. The van der Waals surface area contributed by atoms with Crippen molar-refractivity contribution >= 4 is 17.8 Å². The number of carbonyl (C=O) groups is 3. The first-order valence-electron chi connectivity index (χ1n) is 6.58. The molecule has 0 spiro atoms. The van der Waals surface area contributed by atoms with Crippen molar-refractivity contribution in [1.29, 1.82) is 0 Å². The fourth-order valence-corrected chi connectivity index (χ4v) is 2.56. The summed E-state index contributed by atoms with van der Waals surface area (Å²) in [6.45, 7) is 1.17. The van der Waals surface area contributed by atoms with E-state index in [0.717, 1.165) is 17.7 Å². The lowest BCUT2D eigenvalue weighted by molar-refractivity contribution is -0.137. The van der Waals surface area contributed by atoms with Gasteiger partial charge in [0.2, 0.25) is 5.91 Å². The third-order valence-electron chi connectivity index (χ3n) is 3.64. The van der Waals surface area contributed by atoms with Gasteiger partial charge >= 0.3 is 6.03 Å². The minimum Gasteiger partial charge on any atom is -0.396 e. The third kappa shape index (κ3) is 3.23. The van der Waals surface area contributed by atoms with Crippen LogP contribution in [0.3, 0.4) is 0 Å². The summed E-state index contributed by atoms with van der Waals surface area (Å²) in [6.07, 6.45) is 2.59. The Morgan fingerprint density at radius 2 is 2.21 bits per heavy atom. The molecular formula is C12H19N3O4. The van der Waals surface area contributed by atoms with E-state index in [4.69, 9.17) is 5.11 Å². The summed E-state index contributed by atoms with van der Waals surface area (Å²) < 4.78 is 0. The maximum atomic E-state index is 12.1. The zero-order valence-electron chi connectivity index (χ0n) is 10.8. The van der Waals surface area contributed by atoms with Crippen LogP contribution in [0.4, 0.5) is 4.79 Å². The average Bonchev–Trinajstić information content (AvgIpc) is 2.71. The van der Waals surface area contributed by atoms with Crippen LogP contribution in [0.2, 0.25) is 0 Å². The van der Waals surface area contributed by atoms with Crippen LogP contribution < -0.4 is 5.32 Å². The number of carbonyl (C=O) groups excluding carboxylic acids is 3. The van der Waals surface area contributed by atoms with Gasteiger partial charge in [0.1, 0.15) is 6.54 Å². The van der Waals surface area contributed by atoms with E-state index in [1.165, 1.54) is 0 Å². The number of aliphatic hydroxyl groups excluding tert-OH is 1. The molecule has 0 bridgehead atoms. The SMILES string of the molecule is O=C(CN1C(=O)CNC1=O)N1CCCC(CCO)C1. The first kappa shape index (κ1) is 13.8. The molecule has 2 heterocycles. The molecule has 2 N–H and O–H groups in total. The minimum absolute atomic E-state index is 0.0285. The quantitative estimate of drug-likeness (QED) is 0.651.